The molecule has 1 fully saturated rings. The largest absolute Gasteiger partial charge is 0.468 e. The molecule has 1 aliphatic rings. The summed E-state index contributed by atoms with van der Waals surface area (Å²) in [7, 11) is 0. The van der Waals surface area contributed by atoms with Gasteiger partial charge in [-0.05, 0) is 31.0 Å². The Morgan fingerprint density at radius 1 is 1.21 bits per heavy atom. The minimum Gasteiger partial charge on any atom is -0.468 e. The van der Waals surface area contributed by atoms with Crippen molar-refractivity contribution in [2.45, 2.75) is 44.9 Å². The fraction of sp³-hybridized carbons (Fsp3) is 0.412. The molecule has 0 spiro atoms. The van der Waals surface area contributed by atoms with E-state index in [4.69, 9.17) is 27.9 Å². The molecule has 1 saturated carbocycles. The molecular weight excluding hydrogens is 349 g/mol. The molecule has 1 aromatic carbocycles. The van der Waals surface area contributed by atoms with Crippen LogP contribution in [0.4, 0.5) is 0 Å². The third-order valence-electron chi connectivity index (χ3n) is 4.07. The molecule has 1 N–H and O–H groups in total. The first-order valence-electron chi connectivity index (χ1n) is 8.04. The van der Waals surface area contributed by atoms with Crippen molar-refractivity contribution in [1.82, 2.24) is 15.1 Å². The van der Waals surface area contributed by atoms with Crippen LogP contribution >= 0.6 is 23.2 Å². The van der Waals surface area contributed by atoms with Crippen LogP contribution in [-0.4, -0.2) is 21.7 Å². The molecule has 0 atom stereocenters. The maximum absolute atomic E-state index is 12.2. The van der Waals surface area contributed by atoms with Gasteiger partial charge >= 0.3 is 0 Å². The van der Waals surface area contributed by atoms with Crippen LogP contribution in [-0.2, 0) is 6.73 Å². The minimum atomic E-state index is -0.142. The minimum absolute atomic E-state index is 0.125. The van der Waals surface area contributed by atoms with E-state index in [9.17, 15) is 4.79 Å². The fourth-order valence-electron chi connectivity index (χ4n) is 2.81. The van der Waals surface area contributed by atoms with Gasteiger partial charge in [-0.15, -0.1) is 0 Å². The number of ether oxygens (including phenoxy) is 1. The van der Waals surface area contributed by atoms with Crippen molar-refractivity contribution in [3.8, 4) is 5.75 Å². The van der Waals surface area contributed by atoms with Gasteiger partial charge in [-0.1, -0.05) is 48.5 Å². The Morgan fingerprint density at radius 3 is 2.62 bits per heavy atom. The molecule has 0 unspecified atom stereocenters. The van der Waals surface area contributed by atoms with Gasteiger partial charge in [0.05, 0.1) is 10.0 Å². The number of carbonyl (C=O) groups excluding carboxylic acids is 1. The molecule has 1 aromatic heterocycles. The SMILES string of the molecule is O=C(NC1CCCCC1)c1ccn(COc2c(Cl)cccc2Cl)n1. The summed E-state index contributed by atoms with van der Waals surface area (Å²) < 4.78 is 7.14. The highest BCUT2D eigenvalue weighted by molar-refractivity contribution is 6.37. The summed E-state index contributed by atoms with van der Waals surface area (Å²) in [5.41, 5.74) is 0.384. The van der Waals surface area contributed by atoms with Crippen molar-refractivity contribution in [3.63, 3.8) is 0 Å². The van der Waals surface area contributed by atoms with E-state index in [0.29, 0.717) is 21.5 Å². The first-order valence-corrected chi connectivity index (χ1v) is 8.80. The lowest BCUT2D eigenvalue weighted by Gasteiger charge is -2.22. The summed E-state index contributed by atoms with van der Waals surface area (Å²) in [6.45, 7) is 0.125. The second kappa shape index (κ2) is 7.90. The van der Waals surface area contributed by atoms with Crippen LogP contribution in [0.2, 0.25) is 10.0 Å². The van der Waals surface area contributed by atoms with E-state index in [1.807, 2.05) is 0 Å². The number of aromatic nitrogens is 2. The molecule has 0 bridgehead atoms. The highest BCUT2D eigenvalue weighted by Crippen LogP contribution is 2.32. The van der Waals surface area contributed by atoms with Crippen molar-refractivity contribution in [2.24, 2.45) is 0 Å². The van der Waals surface area contributed by atoms with Gasteiger partial charge in [-0.3, -0.25) is 4.79 Å². The Hall–Kier alpha value is -1.72. The number of nitrogens with one attached hydrogen (secondary N) is 1. The van der Waals surface area contributed by atoms with Gasteiger partial charge in [0, 0.05) is 12.2 Å². The highest BCUT2D eigenvalue weighted by atomic mass is 35.5. The van der Waals surface area contributed by atoms with E-state index >= 15 is 0 Å². The molecular formula is C17H19Cl2N3O2. The lowest BCUT2D eigenvalue weighted by molar-refractivity contribution is 0.0920. The van der Waals surface area contributed by atoms with E-state index in [0.717, 1.165) is 12.8 Å². The van der Waals surface area contributed by atoms with Crippen LogP contribution in [0.1, 0.15) is 42.6 Å². The van der Waals surface area contributed by atoms with Crippen LogP contribution < -0.4 is 10.1 Å². The molecule has 1 amide bonds. The molecule has 1 heterocycles. The molecule has 2 aromatic rings. The zero-order valence-electron chi connectivity index (χ0n) is 13.2. The fourth-order valence-corrected chi connectivity index (χ4v) is 3.32. The normalized spacial score (nSPS) is 15.2. The quantitative estimate of drug-likeness (QED) is 0.857. The summed E-state index contributed by atoms with van der Waals surface area (Å²) in [5.74, 6) is 0.265. The summed E-state index contributed by atoms with van der Waals surface area (Å²) in [4.78, 5) is 12.2. The van der Waals surface area contributed by atoms with Gasteiger partial charge in [0.2, 0.25) is 0 Å². The first-order chi connectivity index (χ1) is 11.6. The van der Waals surface area contributed by atoms with Gasteiger partial charge < -0.3 is 10.1 Å². The number of rotatable bonds is 5. The monoisotopic (exact) mass is 367 g/mol. The number of carbonyl (C=O) groups is 1. The van der Waals surface area contributed by atoms with Gasteiger partial charge in [0.15, 0.2) is 12.5 Å². The summed E-state index contributed by atoms with van der Waals surface area (Å²) in [5, 5.41) is 8.16. The highest BCUT2D eigenvalue weighted by Gasteiger charge is 2.18. The number of hydrogen-bond donors (Lipinski definition) is 1. The molecule has 5 nitrogen and oxygen atoms in total. The van der Waals surface area contributed by atoms with Crippen molar-refractivity contribution in [2.75, 3.05) is 0 Å². The number of para-hydroxylation sites is 1. The van der Waals surface area contributed by atoms with Crippen LogP contribution in [0.5, 0.6) is 5.75 Å². The second-order valence-corrected chi connectivity index (χ2v) is 6.69. The summed E-state index contributed by atoms with van der Waals surface area (Å²) in [6, 6.07) is 7.09. The summed E-state index contributed by atoms with van der Waals surface area (Å²) >= 11 is 12.1. The number of nitrogens with zero attached hydrogens (tertiary/aromatic N) is 2. The van der Waals surface area contributed by atoms with Crippen molar-refractivity contribution >= 4 is 29.1 Å². The smallest absolute Gasteiger partial charge is 0.271 e. The lowest BCUT2D eigenvalue weighted by Crippen LogP contribution is -2.36. The molecule has 24 heavy (non-hydrogen) atoms. The standard InChI is InChI=1S/C17H19Cl2N3O2/c18-13-7-4-8-14(19)16(13)24-11-22-10-9-15(21-22)17(23)20-12-5-2-1-3-6-12/h4,7-10,12H,1-3,5-6,11H2,(H,20,23). The van der Waals surface area contributed by atoms with E-state index in [1.54, 1.807) is 30.5 Å². The van der Waals surface area contributed by atoms with Gasteiger partial charge in [-0.2, -0.15) is 5.10 Å². The topological polar surface area (TPSA) is 56.2 Å². The zero-order chi connectivity index (χ0) is 16.9. The van der Waals surface area contributed by atoms with Gasteiger partial charge in [0.25, 0.3) is 5.91 Å². The molecule has 0 aliphatic heterocycles. The number of hydrogen-bond acceptors (Lipinski definition) is 3. The Kier molecular flexibility index (Phi) is 5.63. The maximum atomic E-state index is 12.2. The third kappa shape index (κ3) is 4.22. The zero-order valence-corrected chi connectivity index (χ0v) is 14.7. The molecule has 1 aliphatic carbocycles. The van der Waals surface area contributed by atoms with Crippen LogP contribution in [0.3, 0.4) is 0 Å². The molecule has 0 radical (unpaired) electrons. The van der Waals surface area contributed by atoms with E-state index in [2.05, 4.69) is 10.4 Å². The third-order valence-corrected chi connectivity index (χ3v) is 4.67. The lowest BCUT2D eigenvalue weighted by atomic mass is 9.95. The van der Waals surface area contributed by atoms with Crippen LogP contribution in [0.15, 0.2) is 30.5 Å². The first kappa shape index (κ1) is 17.1. The van der Waals surface area contributed by atoms with Crippen LogP contribution in [0, 0.1) is 0 Å². The van der Waals surface area contributed by atoms with Crippen LogP contribution in [0.25, 0.3) is 0 Å². The van der Waals surface area contributed by atoms with Crippen molar-refractivity contribution in [1.29, 1.82) is 0 Å². The number of amides is 1. The Bertz CT molecular complexity index is 691. The summed E-state index contributed by atoms with van der Waals surface area (Å²) in [6.07, 6.45) is 7.38. The predicted molar refractivity (Wildman–Crippen MR) is 93.7 cm³/mol. The Balaban J connectivity index is 1.58. The number of halogens is 2. The van der Waals surface area contributed by atoms with E-state index in [1.165, 1.54) is 23.9 Å². The second-order valence-electron chi connectivity index (χ2n) is 5.87. The average Bonchev–Trinajstić information content (AvgIpc) is 3.04. The van der Waals surface area contributed by atoms with Gasteiger partial charge in [-0.25, -0.2) is 4.68 Å². The molecule has 7 heteroatoms. The average molecular weight is 368 g/mol. The van der Waals surface area contributed by atoms with E-state index < -0.39 is 0 Å². The molecule has 3 rings (SSSR count). The Labute approximate surface area is 150 Å². The number of benzene rings is 1. The van der Waals surface area contributed by atoms with Crippen molar-refractivity contribution < 1.29 is 9.53 Å². The maximum Gasteiger partial charge on any atom is 0.271 e. The molecule has 128 valence electrons. The van der Waals surface area contributed by atoms with Gasteiger partial charge in [0.1, 0.15) is 5.69 Å². The molecule has 0 saturated heterocycles. The van der Waals surface area contributed by atoms with Crippen molar-refractivity contribution in [3.05, 3.63) is 46.2 Å². The predicted octanol–water partition coefficient (Wildman–Crippen LogP) is 4.29. The Morgan fingerprint density at radius 2 is 1.92 bits per heavy atom. The van der Waals surface area contributed by atoms with E-state index in [-0.39, 0.29) is 18.7 Å².